The first-order chi connectivity index (χ1) is 9.01. The molecule has 1 heterocycles. The van der Waals surface area contributed by atoms with Crippen molar-refractivity contribution in [3.63, 3.8) is 0 Å². The molecule has 0 bridgehead atoms. The van der Waals surface area contributed by atoms with Gasteiger partial charge >= 0.3 is 0 Å². The second-order valence-corrected chi connectivity index (χ2v) is 6.73. The summed E-state index contributed by atoms with van der Waals surface area (Å²) in [7, 11) is 0. The molecule has 2 aliphatic rings. The Morgan fingerprint density at radius 3 is 2.42 bits per heavy atom. The number of rotatable bonds is 4. The number of carbonyl (C=O) groups excluding carboxylic acids is 1. The molecule has 5 unspecified atom stereocenters. The molecule has 1 saturated heterocycles. The molecule has 1 aliphatic carbocycles. The van der Waals surface area contributed by atoms with E-state index >= 15 is 0 Å². The number of amides is 1. The van der Waals surface area contributed by atoms with Gasteiger partial charge in [-0.25, -0.2) is 0 Å². The Hall–Kier alpha value is -0.570. The van der Waals surface area contributed by atoms with Crippen LogP contribution in [0, 0.1) is 17.8 Å². The quantitative estimate of drug-likeness (QED) is 0.848. The summed E-state index contributed by atoms with van der Waals surface area (Å²) in [5, 5.41) is 3.55. The molecule has 0 aromatic heterocycles. The van der Waals surface area contributed by atoms with Crippen molar-refractivity contribution in [1.82, 2.24) is 10.2 Å². The SMILES string of the molecule is CCC1NC(C(C)C)N(C2CCC(CC)C2C)C1=O. The maximum absolute atomic E-state index is 12.6. The number of nitrogens with zero attached hydrogens (tertiary/aromatic N) is 1. The highest BCUT2D eigenvalue weighted by Crippen LogP contribution is 2.39. The smallest absolute Gasteiger partial charge is 0.241 e. The van der Waals surface area contributed by atoms with Crippen LogP contribution in [0.5, 0.6) is 0 Å². The minimum Gasteiger partial charge on any atom is -0.322 e. The molecule has 19 heavy (non-hydrogen) atoms. The first-order valence-corrected chi connectivity index (χ1v) is 8.09. The summed E-state index contributed by atoms with van der Waals surface area (Å²) in [6.45, 7) is 11.2. The van der Waals surface area contributed by atoms with Crippen molar-refractivity contribution in [3.05, 3.63) is 0 Å². The van der Waals surface area contributed by atoms with Gasteiger partial charge < -0.3 is 4.90 Å². The molecule has 110 valence electrons. The predicted octanol–water partition coefficient (Wildman–Crippen LogP) is 3.00. The van der Waals surface area contributed by atoms with E-state index in [1.165, 1.54) is 19.3 Å². The Morgan fingerprint density at radius 2 is 1.95 bits per heavy atom. The Morgan fingerprint density at radius 1 is 1.26 bits per heavy atom. The Kier molecular flexibility index (Phi) is 4.54. The van der Waals surface area contributed by atoms with E-state index in [0.717, 1.165) is 12.3 Å². The van der Waals surface area contributed by atoms with Crippen LogP contribution in [-0.4, -0.2) is 29.1 Å². The summed E-state index contributed by atoms with van der Waals surface area (Å²) in [6, 6.07) is 0.495. The Balaban J connectivity index is 2.18. The normalized spacial score (nSPS) is 39.6. The van der Waals surface area contributed by atoms with Crippen LogP contribution >= 0.6 is 0 Å². The average Bonchev–Trinajstić information content (AvgIpc) is 2.89. The third kappa shape index (κ3) is 2.54. The van der Waals surface area contributed by atoms with E-state index in [-0.39, 0.29) is 12.2 Å². The van der Waals surface area contributed by atoms with Crippen molar-refractivity contribution in [2.45, 2.75) is 78.6 Å². The minimum atomic E-state index is 0.0419. The van der Waals surface area contributed by atoms with Gasteiger partial charge in [-0.15, -0.1) is 0 Å². The molecule has 1 aliphatic heterocycles. The highest BCUT2D eigenvalue weighted by atomic mass is 16.2. The zero-order valence-corrected chi connectivity index (χ0v) is 13.1. The number of nitrogens with one attached hydrogen (secondary N) is 1. The topological polar surface area (TPSA) is 32.3 Å². The molecule has 5 atom stereocenters. The maximum atomic E-state index is 12.6. The summed E-state index contributed by atoms with van der Waals surface area (Å²) in [5.41, 5.74) is 0. The van der Waals surface area contributed by atoms with Gasteiger partial charge in [-0.3, -0.25) is 10.1 Å². The van der Waals surface area contributed by atoms with Crippen LogP contribution in [0.25, 0.3) is 0 Å². The number of hydrogen-bond donors (Lipinski definition) is 1. The largest absolute Gasteiger partial charge is 0.322 e. The summed E-state index contributed by atoms with van der Waals surface area (Å²) in [5.74, 6) is 2.27. The van der Waals surface area contributed by atoms with Crippen LogP contribution < -0.4 is 5.32 Å². The van der Waals surface area contributed by atoms with Crippen LogP contribution in [0.15, 0.2) is 0 Å². The molecule has 0 aromatic rings. The van der Waals surface area contributed by atoms with Gasteiger partial charge in [0, 0.05) is 6.04 Å². The monoisotopic (exact) mass is 266 g/mol. The fourth-order valence-corrected chi connectivity index (χ4v) is 4.04. The van der Waals surface area contributed by atoms with Crippen molar-refractivity contribution in [1.29, 1.82) is 0 Å². The van der Waals surface area contributed by atoms with Crippen LogP contribution in [0.3, 0.4) is 0 Å². The number of hydrogen-bond acceptors (Lipinski definition) is 2. The van der Waals surface area contributed by atoms with Gasteiger partial charge in [0.15, 0.2) is 0 Å². The highest BCUT2D eigenvalue weighted by molar-refractivity contribution is 5.84. The van der Waals surface area contributed by atoms with E-state index in [0.29, 0.717) is 23.8 Å². The van der Waals surface area contributed by atoms with E-state index in [4.69, 9.17) is 0 Å². The zero-order chi connectivity index (χ0) is 14.2. The summed E-state index contributed by atoms with van der Waals surface area (Å²) in [6.07, 6.45) is 4.86. The fourth-order valence-electron chi connectivity index (χ4n) is 4.04. The molecule has 1 saturated carbocycles. The molecule has 1 N–H and O–H groups in total. The molecule has 0 spiro atoms. The lowest BCUT2D eigenvalue weighted by molar-refractivity contribution is -0.133. The van der Waals surface area contributed by atoms with E-state index in [1.54, 1.807) is 0 Å². The first-order valence-electron chi connectivity index (χ1n) is 8.09. The molecule has 0 aromatic carbocycles. The van der Waals surface area contributed by atoms with Crippen molar-refractivity contribution in [2.75, 3.05) is 0 Å². The maximum Gasteiger partial charge on any atom is 0.241 e. The second kappa shape index (κ2) is 5.82. The van der Waals surface area contributed by atoms with Gasteiger partial charge in [0.25, 0.3) is 0 Å². The molecular weight excluding hydrogens is 236 g/mol. The summed E-state index contributed by atoms with van der Waals surface area (Å²) < 4.78 is 0. The zero-order valence-electron chi connectivity index (χ0n) is 13.1. The van der Waals surface area contributed by atoms with Crippen LogP contribution in [0.1, 0.15) is 60.3 Å². The molecule has 3 nitrogen and oxygen atoms in total. The van der Waals surface area contributed by atoms with Crippen LogP contribution in [0.2, 0.25) is 0 Å². The molecule has 2 rings (SSSR count). The molecule has 3 heteroatoms. The van der Waals surface area contributed by atoms with Crippen LogP contribution in [0.4, 0.5) is 0 Å². The fraction of sp³-hybridized carbons (Fsp3) is 0.938. The van der Waals surface area contributed by atoms with E-state index in [9.17, 15) is 4.79 Å². The lowest BCUT2D eigenvalue weighted by Crippen LogP contribution is -2.48. The summed E-state index contributed by atoms with van der Waals surface area (Å²) in [4.78, 5) is 14.8. The van der Waals surface area contributed by atoms with Gasteiger partial charge in [0.2, 0.25) is 5.91 Å². The van der Waals surface area contributed by atoms with Gasteiger partial charge in [-0.05, 0) is 37.0 Å². The van der Waals surface area contributed by atoms with Gasteiger partial charge in [0.05, 0.1) is 12.2 Å². The first kappa shape index (κ1) is 14.8. The third-order valence-electron chi connectivity index (χ3n) is 5.33. The lowest BCUT2D eigenvalue weighted by Gasteiger charge is -2.35. The van der Waals surface area contributed by atoms with Crippen molar-refractivity contribution in [3.8, 4) is 0 Å². The van der Waals surface area contributed by atoms with E-state index < -0.39 is 0 Å². The molecule has 1 amide bonds. The van der Waals surface area contributed by atoms with Crippen molar-refractivity contribution in [2.24, 2.45) is 17.8 Å². The third-order valence-corrected chi connectivity index (χ3v) is 5.33. The summed E-state index contributed by atoms with van der Waals surface area (Å²) >= 11 is 0. The van der Waals surface area contributed by atoms with Gasteiger partial charge in [-0.2, -0.15) is 0 Å². The Bertz CT molecular complexity index is 329. The van der Waals surface area contributed by atoms with Crippen LogP contribution in [-0.2, 0) is 4.79 Å². The van der Waals surface area contributed by atoms with Crippen molar-refractivity contribution >= 4 is 5.91 Å². The molecule has 2 fully saturated rings. The number of carbonyl (C=O) groups is 1. The average molecular weight is 266 g/mol. The molecular formula is C16H30N2O. The van der Waals surface area contributed by atoms with Crippen molar-refractivity contribution < 1.29 is 4.79 Å². The minimum absolute atomic E-state index is 0.0419. The Labute approximate surface area is 118 Å². The van der Waals surface area contributed by atoms with E-state index in [1.807, 2.05) is 0 Å². The lowest BCUT2D eigenvalue weighted by atomic mass is 9.92. The predicted molar refractivity (Wildman–Crippen MR) is 78.7 cm³/mol. The van der Waals surface area contributed by atoms with Gasteiger partial charge in [-0.1, -0.05) is 41.0 Å². The molecule has 0 radical (unpaired) electrons. The standard InChI is InChI=1S/C16H30N2O/c1-6-12-8-9-14(11(12)5)18-15(10(3)4)17-13(7-2)16(18)19/h10-15,17H,6-9H2,1-5H3. The highest BCUT2D eigenvalue weighted by Gasteiger charge is 2.47. The van der Waals surface area contributed by atoms with Gasteiger partial charge in [0.1, 0.15) is 0 Å². The second-order valence-electron chi connectivity index (χ2n) is 6.73. The van der Waals surface area contributed by atoms with E-state index in [2.05, 4.69) is 44.8 Å².